The van der Waals surface area contributed by atoms with E-state index in [1.165, 1.54) is 6.42 Å². The van der Waals surface area contributed by atoms with E-state index in [0.717, 1.165) is 12.8 Å². The lowest BCUT2D eigenvalue weighted by Crippen LogP contribution is -2.42. The Bertz CT molecular complexity index is 207. The first-order valence-electron chi connectivity index (χ1n) is 5.69. The van der Waals surface area contributed by atoms with Gasteiger partial charge in [-0.05, 0) is 30.7 Å². The molecule has 4 heteroatoms. The molecule has 15 heavy (non-hydrogen) atoms. The first-order valence-corrected chi connectivity index (χ1v) is 5.69. The first-order chi connectivity index (χ1) is 7.08. The smallest absolute Gasteiger partial charge is 0.244 e. The Morgan fingerprint density at radius 1 is 1.53 bits per heavy atom. The molecule has 1 aliphatic carbocycles. The van der Waals surface area contributed by atoms with Crippen LogP contribution in [0.5, 0.6) is 0 Å². The van der Waals surface area contributed by atoms with E-state index in [9.17, 15) is 4.79 Å². The van der Waals surface area contributed by atoms with Crippen LogP contribution >= 0.6 is 0 Å². The van der Waals surface area contributed by atoms with Gasteiger partial charge in [-0.2, -0.15) is 0 Å². The maximum atomic E-state index is 11.5. The predicted molar refractivity (Wildman–Crippen MR) is 58.9 cm³/mol. The Morgan fingerprint density at radius 3 is 2.60 bits per heavy atom. The zero-order chi connectivity index (χ0) is 11.3. The molecule has 3 N–H and O–H groups in total. The largest absolute Gasteiger partial charge is 0.330 e. The van der Waals surface area contributed by atoms with Gasteiger partial charge in [0.1, 0.15) is 0 Å². The van der Waals surface area contributed by atoms with Crippen molar-refractivity contribution in [3.05, 3.63) is 0 Å². The van der Waals surface area contributed by atoms with Crippen molar-refractivity contribution in [2.75, 3.05) is 13.2 Å². The highest BCUT2D eigenvalue weighted by Gasteiger charge is 2.37. The summed E-state index contributed by atoms with van der Waals surface area (Å²) in [6, 6.07) is 0. The molecule has 1 rings (SSSR count). The van der Waals surface area contributed by atoms with E-state index in [1.54, 1.807) is 0 Å². The number of hydrogen-bond donors (Lipinski definition) is 2. The van der Waals surface area contributed by atoms with Gasteiger partial charge in [-0.1, -0.05) is 20.3 Å². The Kier molecular flexibility index (Phi) is 4.54. The standard InChI is InChI=1S/C11H22N2O2/c1-9(2)7-15-13-10(14)6-11(8-12)4-3-5-11/h9H,3-8,12H2,1-2H3,(H,13,14). The van der Waals surface area contributed by atoms with Gasteiger partial charge in [0.05, 0.1) is 6.61 Å². The highest BCUT2D eigenvalue weighted by Crippen LogP contribution is 2.42. The van der Waals surface area contributed by atoms with Crippen molar-refractivity contribution < 1.29 is 9.63 Å². The van der Waals surface area contributed by atoms with Gasteiger partial charge < -0.3 is 5.73 Å². The highest BCUT2D eigenvalue weighted by molar-refractivity contribution is 5.75. The SMILES string of the molecule is CC(C)CONC(=O)CC1(CN)CCC1. The molecule has 0 bridgehead atoms. The first kappa shape index (κ1) is 12.5. The van der Waals surface area contributed by atoms with Crippen LogP contribution in [0.25, 0.3) is 0 Å². The molecule has 88 valence electrons. The Balaban J connectivity index is 2.17. The second-order valence-electron chi connectivity index (χ2n) is 4.96. The summed E-state index contributed by atoms with van der Waals surface area (Å²) in [6.45, 7) is 5.24. The maximum Gasteiger partial charge on any atom is 0.244 e. The van der Waals surface area contributed by atoms with Gasteiger partial charge >= 0.3 is 0 Å². The van der Waals surface area contributed by atoms with Crippen molar-refractivity contribution in [3.8, 4) is 0 Å². The van der Waals surface area contributed by atoms with Crippen LogP contribution in [0, 0.1) is 11.3 Å². The van der Waals surface area contributed by atoms with Crippen LogP contribution < -0.4 is 11.2 Å². The number of hydrogen-bond acceptors (Lipinski definition) is 3. The van der Waals surface area contributed by atoms with Crippen molar-refractivity contribution in [3.63, 3.8) is 0 Å². The number of carbonyl (C=O) groups is 1. The van der Waals surface area contributed by atoms with Crippen molar-refractivity contribution in [2.45, 2.75) is 39.5 Å². The average molecular weight is 214 g/mol. The molecule has 1 saturated carbocycles. The summed E-state index contributed by atoms with van der Waals surface area (Å²) in [5.41, 5.74) is 8.21. The van der Waals surface area contributed by atoms with Crippen LogP contribution in [0.2, 0.25) is 0 Å². The number of nitrogens with two attached hydrogens (primary N) is 1. The fraction of sp³-hybridized carbons (Fsp3) is 0.909. The fourth-order valence-corrected chi connectivity index (χ4v) is 1.80. The number of nitrogens with one attached hydrogen (secondary N) is 1. The minimum Gasteiger partial charge on any atom is -0.330 e. The third kappa shape index (κ3) is 3.80. The summed E-state index contributed by atoms with van der Waals surface area (Å²) in [5, 5.41) is 0. The Morgan fingerprint density at radius 2 is 2.20 bits per heavy atom. The van der Waals surface area contributed by atoms with E-state index < -0.39 is 0 Å². The summed E-state index contributed by atoms with van der Waals surface area (Å²) in [7, 11) is 0. The second kappa shape index (κ2) is 5.47. The van der Waals surface area contributed by atoms with E-state index in [2.05, 4.69) is 5.48 Å². The number of carbonyl (C=O) groups excluding carboxylic acids is 1. The van der Waals surface area contributed by atoms with Crippen molar-refractivity contribution in [2.24, 2.45) is 17.1 Å². The molecule has 4 nitrogen and oxygen atoms in total. The van der Waals surface area contributed by atoms with E-state index in [-0.39, 0.29) is 11.3 Å². The van der Waals surface area contributed by atoms with E-state index in [0.29, 0.717) is 25.5 Å². The molecule has 0 aromatic carbocycles. The zero-order valence-electron chi connectivity index (χ0n) is 9.71. The summed E-state index contributed by atoms with van der Waals surface area (Å²) >= 11 is 0. The molecule has 1 amide bonds. The van der Waals surface area contributed by atoms with Gasteiger partial charge in [-0.3, -0.25) is 9.63 Å². The molecule has 0 unspecified atom stereocenters. The molecule has 1 fully saturated rings. The lowest BCUT2D eigenvalue weighted by atomic mass is 9.66. The lowest BCUT2D eigenvalue weighted by molar-refractivity contribution is -0.138. The summed E-state index contributed by atoms with van der Waals surface area (Å²) in [6.07, 6.45) is 3.83. The van der Waals surface area contributed by atoms with Crippen LogP contribution in [0.15, 0.2) is 0 Å². The van der Waals surface area contributed by atoms with Gasteiger partial charge in [0.15, 0.2) is 0 Å². The number of hydroxylamine groups is 1. The van der Waals surface area contributed by atoms with E-state index in [4.69, 9.17) is 10.6 Å². The van der Waals surface area contributed by atoms with Crippen LogP contribution in [0.4, 0.5) is 0 Å². The molecule has 0 spiro atoms. The Labute approximate surface area is 91.5 Å². The second-order valence-corrected chi connectivity index (χ2v) is 4.96. The molecule has 0 aromatic heterocycles. The molecule has 0 aliphatic heterocycles. The number of rotatable bonds is 6. The molecule has 0 saturated heterocycles. The maximum absolute atomic E-state index is 11.5. The molecule has 1 aliphatic rings. The average Bonchev–Trinajstić information content (AvgIpc) is 2.11. The Hall–Kier alpha value is -0.610. The molecule has 0 atom stereocenters. The van der Waals surface area contributed by atoms with Crippen LogP contribution in [-0.4, -0.2) is 19.1 Å². The predicted octanol–water partition coefficient (Wildman–Crippen LogP) is 1.21. The summed E-state index contributed by atoms with van der Waals surface area (Å²) in [4.78, 5) is 16.6. The van der Waals surface area contributed by atoms with Crippen LogP contribution in [0.3, 0.4) is 0 Å². The molecular weight excluding hydrogens is 192 g/mol. The quantitative estimate of drug-likeness (QED) is 0.653. The summed E-state index contributed by atoms with van der Waals surface area (Å²) < 4.78 is 0. The van der Waals surface area contributed by atoms with Crippen LogP contribution in [-0.2, 0) is 9.63 Å². The highest BCUT2D eigenvalue weighted by atomic mass is 16.6. The van der Waals surface area contributed by atoms with Crippen LogP contribution in [0.1, 0.15) is 39.5 Å². The van der Waals surface area contributed by atoms with Crippen molar-refractivity contribution in [1.82, 2.24) is 5.48 Å². The molecule has 0 radical (unpaired) electrons. The lowest BCUT2D eigenvalue weighted by Gasteiger charge is -2.40. The van der Waals surface area contributed by atoms with Gasteiger partial charge in [0.2, 0.25) is 5.91 Å². The summed E-state index contributed by atoms with van der Waals surface area (Å²) in [5.74, 6) is 0.387. The van der Waals surface area contributed by atoms with Crippen molar-refractivity contribution >= 4 is 5.91 Å². The van der Waals surface area contributed by atoms with E-state index >= 15 is 0 Å². The molecular formula is C11H22N2O2. The van der Waals surface area contributed by atoms with Gasteiger partial charge in [-0.25, -0.2) is 5.48 Å². The third-order valence-corrected chi connectivity index (χ3v) is 2.99. The van der Waals surface area contributed by atoms with Gasteiger partial charge in [0.25, 0.3) is 0 Å². The fourth-order valence-electron chi connectivity index (χ4n) is 1.80. The van der Waals surface area contributed by atoms with E-state index in [1.807, 2.05) is 13.8 Å². The number of amides is 1. The normalized spacial score (nSPS) is 18.7. The zero-order valence-corrected chi connectivity index (χ0v) is 9.71. The van der Waals surface area contributed by atoms with Gasteiger partial charge in [0, 0.05) is 6.42 Å². The van der Waals surface area contributed by atoms with Crippen molar-refractivity contribution in [1.29, 1.82) is 0 Å². The van der Waals surface area contributed by atoms with Gasteiger partial charge in [-0.15, -0.1) is 0 Å². The third-order valence-electron chi connectivity index (χ3n) is 2.99. The minimum atomic E-state index is -0.0409. The molecule has 0 aromatic rings. The minimum absolute atomic E-state index is 0.0409. The topological polar surface area (TPSA) is 64.3 Å². The monoisotopic (exact) mass is 214 g/mol. The molecule has 0 heterocycles.